The second-order valence-electron chi connectivity index (χ2n) is 5.89. The highest BCUT2D eigenvalue weighted by Crippen LogP contribution is 2.28. The van der Waals surface area contributed by atoms with Gasteiger partial charge in [-0.2, -0.15) is 13.9 Å². The molecular formula is C18H23F2N3O2. The number of nitrogens with zero attached hydrogens (tertiary/aromatic N) is 2. The zero-order valence-corrected chi connectivity index (χ0v) is 14.8. The van der Waals surface area contributed by atoms with Gasteiger partial charge in [0, 0.05) is 23.9 Å². The minimum Gasteiger partial charge on any atom is -0.434 e. The Balaban J connectivity index is 2.15. The fourth-order valence-electron chi connectivity index (χ4n) is 2.85. The van der Waals surface area contributed by atoms with E-state index in [0.717, 1.165) is 17.0 Å². The number of rotatable bonds is 7. The van der Waals surface area contributed by atoms with E-state index in [9.17, 15) is 13.6 Å². The van der Waals surface area contributed by atoms with Crippen LogP contribution in [-0.4, -0.2) is 22.3 Å². The van der Waals surface area contributed by atoms with Crippen LogP contribution in [0.25, 0.3) is 0 Å². The van der Waals surface area contributed by atoms with Crippen molar-refractivity contribution in [1.82, 2.24) is 15.1 Å². The number of nitrogens with one attached hydrogen (secondary N) is 1. The number of para-hydroxylation sites is 1. The van der Waals surface area contributed by atoms with Crippen LogP contribution in [0.1, 0.15) is 41.9 Å². The SMILES string of the molecule is CC[C@@H](NC(=O)Cc1c(C)nn(C)c1C)c1ccccc1OC(F)F. The number of halogens is 2. The molecule has 1 aromatic carbocycles. The van der Waals surface area contributed by atoms with E-state index in [1.165, 1.54) is 6.07 Å². The van der Waals surface area contributed by atoms with Gasteiger partial charge in [0.05, 0.1) is 18.2 Å². The summed E-state index contributed by atoms with van der Waals surface area (Å²) in [5.41, 5.74) is 3.16. The standard InChI is InChI=1S/C18H23F2N3O2/c1-5-15(13-8-6-7-9-16(13)25-18(19)20)21-17(24)10-14-11(2)22-23(4)12(14)3/h6-9,15,18H,5,10H2,1-4H3,(H,21,24)/t15-/m1/s1. The van der Waals surface area contributed by atoms with Crippen molar-refractivity contribution in [3.8, 4) is 5.75 Å². The summed E-state index contributed by atoms with van der Waals surface area (Å²) < 4.78 is 31.5. The number of ether oxygens (including phenoxy) is 1. The first-order chi connectivity index (χ1) is 11.8. The summed E-state index contributed by atoms with van der Waals surface area (Å²) in [6.45, 7) is 2.74. The summed E-state index contributed by atoms with van der Waals surface area (Å²) in [5.74, 6) is -0.101. The molecule has 1 N–H and O–H groups in total. The Hall–Kier alpha value is -2.44. The molecule has 0 saturated carbocycles. The largest absolute Gasteiger partial charge is 0.434 e. The maximum atomic E-state index is 12.6. The number of aromatic nitrogens is 2. The molecule has 25 heavy (non-hydrogen) atoms. The van der Waals surface area contributed by atoms with Crippen LogP contribution < -0.4 is 10.1 Å². The molecule has 136 valence electrons. The Morgan fingerprint density at radius 3 is 2.56 bits per heavy atom. The van der Waals surface area contributed by atoms with Crippen molar-refractivity contribution in [3.63, 3.8) is 0 Å². The van der Waals surface area contributed by atoms with E-state index in [-0.39, 0.29) is 18.1 Å². The van der Waals surface area contributed by atoms with Gasteiger partial charge >= 0.3 is 6.61 Å². The van der Waals surface area contributed by atoms with E-state index in [0.29, 0.717) is 12.0 Å². The number of hydrogen-bond donors (Lipinski definition) is 1. The first-order valence-corrected chi connectivity index (χ1v) is 8.15. The van der Waals surface area contributed by atoms with Crippen LogP contribution in [0.3, 0.4) is 0 Å². The van der Waals surface area contributed by atoms with Crippen LogP contribution in [0.4, 0.5) is 8.78 Å². The van der Waals surface area contributed by atoms with Gasteiger partial charge in [0.15, 0.2) is 0 Å². The van der Waals surface area contributed by atoms with E-state index in [4.69, 9.17) is 0 Å². The van der Waals surface area contributed by atoms with Crippen LogP contribution in [0.5, 0.6) is 5.75 Å². The molecule has 5 nitrogen and oxygen atoms in total. The fourth-order valence-corrected chi connectivity index (χ4v) is 2.85. The van der Waals surface area contributed by atoms with E-state index >= 15 is 0 Å². The molecule has 1 aromatic heterocycles. The minimum absolute atomic E-state index is 0.0818. The summed E-state index contributed by atoms with van der Waals surface area (Å²) in [6.07, 6.45) is 0.750. The Morgan fingerprint density at radius 2 is 2.00 bits per heavy atom. The van der Waals surface area contributed by atoms with Crippen LogP contribution in [0.15, 0.2) is 24.3 Å². The molecule has 1 heterocycles. The molecule has 1 atom stereocenters. The molecule has 1 amide bonds. The molecule has 0 aliphatic rings. The lowest BCUT2D eigenvalue weighted by Gasteiger charge is -2.20. The second kappa shape index (κ2) is 8.09. The number of alkyl halides is 2. The Kier molecular flexibility index (Phi) is 6.12. The molecule has 0 saturated heterocycles. The first-order valence-electron chi connectivity index (χ1n) is 8.15. The van der Waals surface area contributed by atoms with Crippen LogP contribution in [0, 0.1) is 13.8 Å². The summed E-state index contributed by atoms with van der Waals surface area (Å²) in [7, 11) is 1.83. The Bertz CT molecular complexity index is 744. The molecule has 0 aliphatic carbocycles. The van der Waals surface area contributed by atoms with E-state index < -0.39 is 12.7 Å². The number of amides is 1. The molecule has 2 rings (SSSR count). The summed E-state index contributed by atoms with van der Waals surface area (Å²) >= 11 is 0. The van der Waals surface area contributed by atoms with Crippen molar-refractivity contribution in [2.24, 2.45) is 7.05 Å². The van der Waals surface area contributed by atoms with Crippen molar-refractivity contribution in [1.29, 1.82) is 0 Å². The van der Waals surface area contributed by atoms with Gasteiger partial charge in [-0.3, -0.25) is 9.48 Å². The Labute approximate surface area is 146 Å². The number of carbonyl (C=O) groups excluding carboxylic acids is 1. The third-order valence-electron chi connectivity index (χ3n) is 4.25. The van der Waals surface area contributed by atoms with Crippen molar-refractivity contribution in [3.05, 3.63) is 46.8 Å². The van der Waals surface area contributed by atoms with E-state index in [1.807, 2.05) is 27.8 Å². The van der Waals surface area contributed by atoms with Crippen molar-refractivity contribution in [2.75, 3.05) is 0 Å². The van der Waals surface area contributed by atoms with Crippen molar-refractivity contribution >= 4 is 5.91 Å². The Morgan fingerprint density at radius 1 is 1.32 bits per heavy atom. The zero-order chi connectivity index (χ0) is 18.6. The lowest BCUT2D eigenvalue weighted by atomic mass is 10.0. The predicted octanol–water partition coefficient (Wildman–Crippen LogP) is 3.45. The lowest BCUT2D eigenvalue weighted by Crippen LogP contribution is -2.30. The van der Waals surface area contributed by atoms with Crippen molar-refractivity contribution in [2.45, 2.75) is 46.3 Å². The zero-order valence-electron chi connectivity index (χ0n) is 14.8. The third kappa shape index (κ3) is 4.55. The van der Waals surface area contributed by atoms with Gasteiger partial charge in [-0.15, -0.1) is 0 Å². The molecule has 0 aliphatic heterocycles. The highest BCUT2D eigenvalue weighted by atomic mass is 19.3. The van der Waals surface area contributed by atoms with Crippen LogP contribution in [0.2, 0.25) is 0 Å². The number of benzene rings is 1. The fraction of sp³-hybridized carbons (Fsp3) is 0.444. The van der Waals surface area contributed by atoms with Crippen LogP contribution >= 0.6 is 0 Å². The molecule has 0 spiro atoms. The highest BCUT2D eigenvalue weighted by molar-refractivity contribution is 5.79. The monoisotopic (exact) mass is 351 g/mol. The van der Waals surface area contributed by atoms with Gasteiger partial charge in [0.1, 0.15) is 5.75 Å². The first kappa shape index (κ1) is 18.9. The molecule has 2 aromatic rings. The summed E-state index contributed by atoms with van der Waals surface area (Å²) in [6, 6.07) is 6.12. The molecule has 0 fully saturated rings. The predicted molar refractivity (Wildman–Crippen MR) is 90.6 cm³/mol. The van der Waals surface area contributed by atoms with Gasteiger partial charge in [0.25, 0.3) is 0 Å². The highest BCUT2D eigenvalue weighted by Gasteiger charge is 2.20. The summed E-state index contributed by atoms with van der Waals surface area (Å²) in [4.78, 5) is 12.5. The van der Waals surface area contributed by atoms with Gasteiger partial charge < -0.3 is 10.1 Å². The van der Waals surface area contributed by atoms with E-state index in [1.54, 1.807) is 22.9 Å². The average Bonchev–Trinajstić information content (AvgIpc) is 2.79. The van der Waals surface area contributed by atoms with Crippen LogP contribution in [-0.2, 0) is 18.3 Å². The molecular weight excluding hydrogens is 328 g/mol. The maximum Gasteiger partial charge on any atom is 0.387 e. The van der Waals surface area contributed by atoms with Gasteiger partial charge in [-0.25, -0.2) is 0 Å². The van der Waals surface area contributed by atoms with Crippen molar-refractivity contribution < 1.29 is 18.3 Å². The molecule has 7 heteroatoms. The quantitative estimate of drug-likeness (QED) is 0.831. The number of hydrogen-bond acceptors (Lipinski definition) is 3. The average molecular weight is 351 g/mol. The second-order valence-corrected chi connectivity index (χ2v) is 5.89. The number of aryl methyl sites for hydroxylation is 2. The molecule has 0 unspecified atom stereocenters. The topological polar surface area (TPSA) is 56.2 Å². The maximum absolute atomic E-state index is 12.6. The van der Waals surface area contributed by atoms with Gasteiger partial charge in [-0.1, -0.05) is 25.1 Å². The summed E-state index contributed by atoms with van der Waals surface area (Å²) in [5, 5.41) is 7.21. The minimum atomic E-state index is -2.91. The van der Waals surface area contributed by atoms with Gasteiger partial charge in [-0.05, 0) is 26.3 Å². The number of carbonyl (C=O) groups is 1. The lowest BCUT2D eigenvalue weighted by molar-refractivity contribution is -0.121. The molecule has 0 bridgehead atoms. The normalized spacial score (nSPS) is 12.3. The molecule has 0 radical (unpaired) electrons. The smallest absolute Gasteiger partial charge is 0.387 e. The van der Waals surface area contributed by atoms with Gasteiger partial charge in [0.2, 0.25) is 5.91 Å². The third-order valence-corrected chi connectivity index (χ3v) is 4.25. The van der Waals surface area contributed by atoms with E-state index in [2.05, 4.69) is 15.2 Å².